The predicted molar refractivity (Wildman–Crippen MR) is 154 cm³/mol. The van der Waals surface area contributed by atoms with E-state index in [4.69, 9.17) is 4.74 Å². The standard InChI is InChI=1S/C31H38N4O4/c1-4-12-35(13-5-2)26-9-8-21-14-23(7-6-22(21)15-26)29-11-10-25(34(29)3)16-24(19-32)31(38)33-20-28-17-27(36)18-30(37)39-28/h6-11,14-16,27-28,30,36-37H,4-5,12-13,17-18,20H2,1-3H3,(H,33,38)/b24-16+. The maximum atomic E-state index is 12.7. The van der Waals surface area contributed by atoms with Crippen LogP contribution in [0.4, 0.5) is 5.69 Å². The molecule has 2 heterocycles. The van der Waals surface area contributed by atoms with Crippen LogP contribution in [-0.2, 0) is 16.6 Å². The fraction of sp³-hybridized carbons (Fsp3) is 0.419. The maximum Gasteiger partial charge on any atom is 0.262 e. The molecule has 1 amide bonds. The SMILES string of the molecule is CCCN(CCC)c1ccc2cc(-c3ccc(/C=C(\C#N)C(=O)NCC4CC(O)CC(O)O4)n3C)ccc2c1. The van der Waals surface area contributed by atoms with Crippen molar-refractivity contribution in [3.63, 3.8) is 0 Å². The predicted octanol–water partition coefficient (Wildman–Crippen LogP) is 4.35. The lowest BCUT2D eigenvalue weighted by molar-refractivity contribution is -0.187. The van der Waals surface area contributed by atoms with Crippen LogP contribution < -0.4 is 10.2 Å². The zero-order valence-corrected chi connectivity index (χ0v) is 22.9. The minimum Gasteiger partial charge on any atom is -0.393 e. The molecular weight excluding hydrogens is 492 g/mol. The largest absolute Gasteiger partial charge is 0.393 e. The number of nitriles is 1. The Balaban J connectivity index is 1.50. The summed E-state index contributed by atoms with van der Waals surface area (Å²) in [4.78, 5) is 15.1. The number of ether oxygens (including phenoxy) is 1. The Morgan fingerprint density at radius 1 is 1.10 bits per heavy atom. The molecule has 39 heavy (non-hydrogen) atoms. The molecule has 3 atom stereocenters. The third-order valence-corrected chi connectivity index (χ3v) is 7.14. The van der Waals surface area contributed by atoms with Crippen molar-refractivity contribution in [2.45, 2.75) is 58.0 Å². The lowest BCUT2D eigenvalue weighted by atomic mass is 10.0. The van der Waals surface area contributed by atoms with Gasteiger partial charge in [-0.15, -0.1) is 0 Å². The van der Waals surface area contributed by atoms with Crippen LogP contribution in [0.25, 0.3) is 28.1 Å². The number of nitrogens with zero attached hydrogens (tertiary/aromatic N) is 3. The number of carbonyl (C=O) groups is 1. The Morgan fingerprint density at radius 2 is 1.82 bits per heavy atom. The second kappa shape index (κ2) is 12.9. The van der Waals surface area contributed by atoms with Gasteiger partial charge in [0.1, 0.15) is 11.6 Å². The maximum absolute atomic E-state index is 12.7. The summed E-state index contributed by atoms with van der Waals surface area (Å²) in [6.45, 7) is 6.59. The fourth-order valence-corrected chi connectivity index (χ4v) is 5.16. The Morgan fingerprint density at radius 3 is 2.51 bits per heavy atom. The number of carbonyl (C=O) groups excluding carboxylic acids is 1. The summed E-state index contributed by atoms with van der Waals surface area (Å²) in [5.41, 5.74) is 3.96. The van der Waals surface area contributed by atoms with Gasteiger partial charge in [0, 0.05) is 56.6 Å². The van der Waals surface area contributed by atoms with Gasteiger partial charge in [-0.3, -0.25) is 4.79 Å². The quantitative estimate of drug-likeness (QED) is 0.265. The monoisotopic (exact) mass is 530 g/mol. The van der Waals surface area contributed by atoms with Gasteiger partial charge in [-0.05, 0) is 65.6 Å². The van der Waals surface area contributed by atoms with Crippen molar-refractivity contribution in [1.82, 2.24) is 9.88 Å². The molecule has 1 fully saturated rings. The van der Waals surface area contributed by atoms with E-state index >= 15 is 0 Å². The van der Waals surface area contributed by atoms with E-state index in [-0.39, 0.29) is 18.5 Å². The van der Waals surface area contributed by atoms with Gasteiger partial charge in [-0.2, -0.15) is 5.26 Å². The summed E-state index contributed by atoms with van der Waals surface area (Å²) in [6, 6.07) is 18.9. The molecule has 3 unspecified atom stereocenters. The molecule has 0 spiro atoms. The van der Waals surface area contributed by atoms with Crippen LogP contribution in [0.15, 0.2) is 54.1 Å². The van der Waals surface area contributed by atoms with Crippen molar-refractivity contribution in [2.24, 2.45) is 7.05 Å². The van der Waals surface area contributed by atoms with E-state index in [1.54, 1.807) is 6.08 Å². The summed E-state index contributed by atoms with van der Waals surface area (Å²) in [6.07, 6.45) is 1.99. The van der Waals surface area contributed by atoms with Gasteiger partial charge in [0.05, 0.1) is 12.2 Å². The first-order chi connectivity index (χ1) is 18.8. The number of benzene rings is 2. The van der Waals surface area contributed by atoms with Crippen LogP contribution in [0, 0.1) is 11.3 Å². The number of aliphatic hydroxyl groups is 2. The Hall–Kier alpha value is -3.64. The van der Waals surface area contributed by atoms with Crippen molar-refractivity contribution < 1.29 is 19.7 Å². The van der Waals surface area contributed by atoms with E-state index < -0.39 is 24.4 Å². The summed E-state index contributed by atoms with van der Waals surface area (Å²) in [7, 11) is 1.91. The van der Waals surface area contributed by atoms with Gasteiger partial charge in [0.15, 0.2) is 6.29 Å². The summed E-state index contributed by atoms with van der Waals surface area (Å²) < 4.78 is 7.31. The van der Waals surface area contributed by atoms with Crippen molar-refractivity contribution in [3.05, 3.63) is 59.8 Å². The number of nitrogens with one attached hydrogen (secondary N) is 1. The zero-order valence-electron chi connectivity index (χ0n) is 22.9. The topological polar surface area (TPSA) is 111 Å². The molecule has 1 aliphatic heterocycles. The molecule has 1 aromatic heterocycles. The van der Waals surface area contributed by atoms with Gasteiger partial charge in [0.2, 0.25) is 0 Å². The summed E-state index contributed by atoms with van der Waals surface area (Å²) >= 11 is 0. The van der Waals surface area contributed by atoms with E-state index in [1.807, 2.05) is 29.8 Å². The van der Waals surface area contributed by atoms with Crippen LogP contribution in [-0.4, -0.2) is 58.8 Å². The van der Waals surface area contributed by atoms with Gasteiger partial charge in [-0.1, -0.05) is 32.0 Å². The van der Waals surface area contributed by atoms with Gasteiger partial charge in [-0.25, -0.2) is 0 Å². The van der Waals surface area contributed by atoms with Crippen LogP contribution >= 0.6 is 0 Å². The van der Waals surface area contributed by atoms with Crippen molar-refractivity contribution in [3.8, 4) is 17.3 Å². The van der Waals surface area contributed by atoms with E-state index in [0.29, 0.717) is 6.42 Å². The van der Waals surface area contributed by atoms with Crippen molar-refractivity contribution in [1.29, 1.82) is 5.26 Å². The van der Waals surface area contributed by atoms with E-state index in [2.05, 4.69) is 60.5 Å². The zero-order chi connectivity index (χ0) is 27.9. The minimum absolute atomic E-state index is 0.0330. The lowest BCUT2D eigenvalue weighted by Gasteiger charge is -2.30. The first kappa shape index (κ1) is 28.4. The average molecular weight is 531 g/mol. The highest BCUT2D eigenvalue weighted by Crippen LogP contribution is 2.29. The highest BCUT2D eigenvalue weighted by molar-refractivity contribution is 6.01. The van der Waals surface area contributed by atoms with Gasteiger partial charge < -0.3 is 29.7 Å². The summed E-state index contributed by atoms with van der Waals surface area (Å²) in [5.74, 6) is -0.528. The van der Waals surface area contributed by atoms with Crippen molar-refractivity contribution in [2.75, 3.05) is 24.5 Å². The lowest BCUT2D eigenvalue weighted by Crippen LogP contribution is -2.42. The number of hydrogen-bond donors (Lipinski definition) is 3. The van der Waals surface area contributed by atoms with E-state index in [0.717, 1.165) is 48.3 Å². The van der Waals surface area contributed by atoms with Gasteiger partial charge >= 0.3 is 0 Å². The summed E-state index contributed by atoms with van der Waals surface area (Å²) in [5, 5.41) is 34.1. The third kappa shape index (κ3) is 6.87. The molecule has 4 rings (SSSR count). The third-order valence-electron chi connectivity index (χ3n) is 7.14. The number of rotatable bonds is 10. The van der Waals surface area contributed by atoms with Crippen LogP contribution in [0.3, 0.4) is 0 Å². The number of aliphatic hydroxyl groups excluding tert-OH is 2. The second-order valence-electron chi connectivity index (χ2n) is 10.2. The fourth-order valence-electron chi connectivity index (χ4n) is 5.16. The smallest absolute Gasteiger partial charge is 0.262 e. The molecular formula is C31H38N4O4. The average Bonchev–Trinajstić information content (AvgIpc) is 3.28. The Kier molecular flexibility index (Phi) is 9.41. The highest BCUT2D eigenvalue weighted by atomic mass is 16.6. The molecule has 0 saturated carbocycles. The first-order valence-corrected chi connectivity index (χ1v) is 13.7. The van der Waals surface area contributed by atoms with E-state index in [9.17, 15) is 20.3 Å². The molecule has 3 N–H and O–H groups in total. The number of fused-ring (bicyclic) bond motifs is 1. The molecule has 206 valence electrons. The molecule has 1 saturated heterocycles. The Bertz CT molecular complexity index is 1360. The first-order valence-electron chi connectivity index (χ1n) is 13.7. The number of hydrogen-bond acceptors (Lipinski definition) is 6. The molecule has 8 heteroatoms. The Labute approximate surface area is 230 Å². The van der Waals surface area contributed by atoms with Gasteiger partial charge in [0.25, 0.3) is 5.91 Å². The number of amides is 1. The second-order valence-corrected chi connectivity index (χ2v) is 10.2. The molecule has 0 radical (unpaired) electrons. The van der Waals surface area contributed by atoms with Crippen LogP contribution in [0.2, 0.25) is 0 Å². The number of anilines is 1. The highest BCUT2D eigenvalue weighted by Gasteiger charge is 2.27. The van der Waals surface area contributed by atoms with Crippen molar-refractivity contribution >= 4 is 28.4 Å². The van der Waals surface area contributed by atoms with E-state index in [1.165, 1.54) is 11.1 Å². The molecule has 2 aromatic carbocycles. The normalized spacial score (nSPS) is 19.6. The molecule has 0 aliphatic carbocycles. The van der Waals surface area contributed by atoms with Crippen LogP contribution in [0.1, 0.15) is 45.2 Å². The number of aromatic nitrogens is 1. The molecule has 3 aromatic rings. The minimum atomic E-state index is -1.06. The molecule has 1 aliphatic rings. The van der Waals surface area contributed by atoms with Crippen LogP contribution in [0.5, 0.6) is 0 Å². The molecule has 8 nitrogen and oxygen atoms in total. The molecule has 0 bridgehead atoms.